The van der Waals surface area contributed by atoms with E-state index in [0.717, 1.165) is 26.2 Å². The van der Waals surface area contributed by atoms with Crippen LogP contribution in [0.15, 0.2) is 54.6 Å². The van der Waals surface area contributed by atoms with Crippen molar-refractivity contribution in [3.8, 4) is 0 Å². The van der Waals surface area contributed by atoms with Gasteiger partial charge in [-0.25, -0.2) is 0 Å². The van der Waals surface area contributed by atoms with Crippen LogP contribution in [-0.2, 0) is 4.79 Å². The zero-order chi connectivity index (χ0) is 20.8. The molecule has 0 unspecified atom stereocenters. The number of anilines is 1. The van der Waals surface area contributed by atoms with Crippen molar-refractivity contribution in [1.29, 1.82) is 0 Å². The lowest BCUT2D eigenvalue weighted by Crippen LogP contribution is -2.88. The third kappa shape index (κ3) is 5.60. The molecule has 2 N–H and O–H groups in total. The van der Waals surface area contributed by atoms with Crippen LogP contribution in [0, 0.1) is 5.92 Å². The van der Waals surface area contributed by atoms with Crippen LogP contribution in [0.25, 0.3) is 0 Å². The fourth-order valence-electron chi connectivity index (χ4n) is 4.11. The van der Waals surface area contributed by atoms with Crippen molar-refractivity contribution in [3.63, 3.8) is 0 Å². The number of rotatable bonds is 7. The van der Waals surface area contributed by atoms with Crippen molar-refractivity contribution in [3.05, 3.63) is 65.7 Å². The quantitative estimate of drug-likeness (QED) is 0.782. The summed E-state index contributed by atoms with van der Waals surface area (Å²) < 4.78 is 0. The molecule has 0 bridgehead atoms. The number of carbonyl (C=O) groups excluding carboxylic acids is 1. The van der Waals surface area contributed by atoms with Gasteiger partial charge in [-0.3, -0.25) is 4.79 Å². The number of hydrogen-bond donors (Lipinski definition) is 1. The molecule has 4 nitrogen and oxygen atoms in total. The van der Waals surface area contributed by atoms with Gasteiger partial charge in [0.1, 0.15) is 6.04 Å². The predicted octanol–water partition coefficient (Wildman–Crippen LogP) is 3.42. The maximum atomic E-state index is 12.8. The molecular formula is C25H36N3O+. The zero-order valence-corrected chi connectivity index (χ0v) is 18.3. The van der Waals surface area contributed by atoms with Crippen LogP contribution in [0.3, 0.4) is 0 Å². The van der Waals surface area contributed by atoms with Gasteiger partial charge < -0.3 is 15.1 Å². The molecule has 0 radical (unpaired) electrons. The fraction of sp³-hybridized carbons (Fsp3) is 0.480. The minimum Gasteiger partial charge on any atom is -0.368 e. The molecule has 4 heteroatoms. The molecule has 1 amide bonds. The molecular weight excluding hydrogens is 358 g/mol. The Kier molecular flexibility index (Phi) is 7.32. The molecule has 29 heavy (non-hydrogen) atoms. The second kappa shape index (κ2) is 9.93. The summed E-state index contributed by atoms with van der Waals surface area (Å²) in [5.74, 6) is 1.27. The standard InChI is InChI=1S/C25H35N3O/c1-19(2)21-10-12-22(13-11-21)25(20(3)4)26-18-24(29)28-16-14-27(15-17-28)23-8-6-5-7-9-23/h5-13,19-20,25-26H,14-18H2,1-4H3/p+1/t25-/m0/s1. The molecule has 1 fully saturated rings. The van der Waals surface area contributed by atoms with Crippen molar-refractivity contribution in [2.75, 3.05) is 37.6 Å². The van der Waals surface area contributed by atoms with Crippen LogP contribution >= 0.6 is 0 Å². The second-order valence-corrected chi connectivity index (χ2v) is 8.73. The molecule has 0 spiro atoms. The highest BCUT2D eigenvalue weighted by molar-refractivity contribution is 5.77. The Bertz CT molecular complexity index is 762. The van der Waals surface area contributed by atoms with Gasteiger partial charge in [-0.05, 0) is 23.6 Å². The molecule has 1 aliphatic heterocycles. The van der Waals surface area contributed by atoms with E-state index in [9.17, 15) is 4.79 Å². The number of para-hydroxylation sites is 1. The van der Waals surface area contributed by atoms with Crippen molar-refractivity contribution in [2.24, 2.45) is 5.92 Å². The van der Waals surface area contributed by atoms with Crippen LogP contribution in [0.5, 0.6) is 0 Å². The first-order chi connectivity index (χ1) is 14.0. The molecule has 3 rings (SSSR count). The summed E-state index contributed by atoms with van der Waals surface area (Å²) in [6.07, 6.45) is 0. The third-order valence-corrected chi connectivity index (χ3v) is 6.01. The summed E-state index contributed by atoms with van der Waals surface area (Å²) in [7, 11) is 0. The zero-order valence-electron chi connectivity index (χ0n) is 18.3. The Morgan fingerprint density at radius 1 is 0.862 bits per heavy atom. The summed E-state index contributed by atoms with van der Waals surface area (Å²) in [4.78, 5) is 17.2. The van der Waals surface area contributed by atoms with Crippen LogP contribution in [0.1, 0.15) is 50.8 Å². The lowest BCUT2D eigenvalue weighted by molar-refractivity contribution is -0.692. The Hall–Kier alpha value is -2.33. The van der Waals surface area contributed by atoms with E-state index in [1.165, 1.54) is 16.8 Å². The molecule has 156 valence electrons. The van der Waals surface area contributed by atoms with E-state index >= 15 is 0 Å². The van der Waals surface area contributed by atoms with Gasteiger partial charge in [0.05, 0.1) is 0 Å². The number of nitrogens with two attached hydrogens (primary N) is 1. The van der Waals surface area contributed by atoms with E-state index in [0.29, 0.717) is 24.4 Å². The van der Waals surface area contributed by atoms with Gasteiger partial charge in [-0.2, -0.15) is 0 Å². The third-order valence-electron chi connectivity index (χ3n) is 6.01. The second-order valence-electron chi connectivity index (χ2n) is 8.73. The van der Waals surface area contributed by atoms with Crippen LogP contribution in [-0.4, -0.2) is 43.5 Å². The maximum Gasteiger partial charge on any atom is 0.277 e. The minimum atomic E-state index is 0.252. The lowest BCUT2D eigenvalue weighted by atomic mass is 9.93. The highest BCUT2D eigenvalue weighted by Crippen LogP contribution is 2.21. The SMILES string of the molecule is CC(C)c1ccc([C@@H]([NH2+]CC(=O)N2CCN(c3ccccc3)CC2)C(C)C)cc1. The van der Waals surface area contributed by atoms with E-state index in [1.807, 2.05) is 11.0 Å². The number of benzene rings is 2. The van der Waals surface area contributed by atoms with E-state index in [4.69, 9.17) is 0 Å². The van der Waals surface area contributed by atoms with Crippen LogP contribution in [0.2, 0.25) is 0 Å². The van der Waals surface area contributed by atoms with Crippen molar-refractivity contribution in [2.45, 2.75) is 39.7 Å². The molecule has 1 aliphatic rings. The summed E-state index contributed by atoms with van der Waals surface area (Å²) >= 11 is 0. The number of piperazine rings is 1. The molecule has 1 heterocycles. The van der Waals surface area contributed by atoms with Crippen molar-refractivity contribution >= 4 is 11.6 Å². The van der Waals surface area contributed by atoms with E-state index in [2.05, 4.69) is 86.4 Å². The number of nitrogens with zero attached hydrogens (tertiary/aromatic N) is 2. The summed E-state index contributed by atoms with van der Waals surface area (Å²) in [5, 5.41) is 2.22. The summed E-state index contributed by atoms with van der Waals surface area (Å²) in [6.45, 7) is 12.8. The fourth-order valence-corrected chi connectivity index (χ4v) is 4.11. The first-order valence-corrected chi connectivity index (χ1v) is 11.0. The number of carbonyl (C=O) groups is 1. The van der Waals surface area contributed by atoms with Crippen molar-refractivity contribution in [1.82, 2.24) is 4.90 Å². The first-order valence-electron chi connectivity index (χ1n) is 11.0. The minimum absolute atomic E-state index is 0.252. The number of hydrogen-bond acceptors (Lipinski definition) is 2. The van der Waals surface area contributed by atoms with Gasteiger partial charge in [0.25, 0.3) is 5.91 Å². The normalized spacial score (nSPS) is 15.8. The van der Waals surface area contributed by atoms with Crippen LogP contribution in [0.4, 0.5) is 5.69 Å². The smallest absolute Gasteiger partial charge is 0.277 e. The molecule has 1 atom stereocenters. The molecule has 0 aromatic heterocycles. The molecule has 2 aromatic rings. The van der Waals surface area contributed by atoms with E-state index in [1.54, 1.807) is 0 Å². The van der Waals surface area contributed by atoms with Gasteiger partial charge in [0, 0.05) is 43.3 Å². The summed E-state index contributed by atoms with van der Waals surface area (Å²) in [6, 6.07) is 19.7. The topological polar surface area (TPSA) is 40.2 Å². The Balaban J connectivity index is 1.53. The average Bonchev–Trinajstić information content (AvgIpc) is 2.74. The highest BCUT2D eigenvalue weighted by Gasteiger charge is 2.25. The lowest BCUT2D eigenvalue weighted by Gasteiger charge is -2.36. The van der Waals surface area contributed by atoms with Gasteiger partial charge in [-0.15, -0.1) is 0 Å². The van der Waals surface area contributed by atoms with Crippen molar-refractivity contribution < 1.29 is 10.1 Å². The first kappa shape index (κ1) is 21.4. The molecule has 0 saturated carbocycles. The molecule has 1 saturated heterocycles. The van der Waals surface area contributed by atoms with Gasteiger partial charge >= 0.3 is 0 Å². The predicted molar refractivity (Wildman–Crippen MR) is 120 cm³/mol. The number of quaternary nitrogens is 1. The Morgan fingerprint density at radius 2 is 1.45 bits per heavy atom. The Labute approximate surface area is 175 Å². The highest BCUT2D eigenvalue weighted by atomic mass is 16.2. The summed E-state index contributed by atoms with van der Waals surface area (Å²) in [5.41, 5.74) is 3.92. The van der Waals surface area contributed by atoms with Crippen LogP contribution < -0.4 is 10.2 Å². The monoisotopic (exact) mass is 394 g/mol. The number of amides is 1. The average molecular weight is 395 g/mol. The van der Waals surface area contributed by atoms with Gasteiger partial charge in [0.15, 0.2) is 6.54 Å². The van der Waals surface area contributed by atoms with Gasteiger partial charge in [0.2, 0.25) is 0 Å². The molecule has 0 aliphatic carbocycles. The van der Waals surface area contributed by atoms with E-state index in [-0.39, 0.29) is 5.91 Å². The largest absolute Gasteiger partial charge is 0.368 e. The maximum absolute atomic E-state index is 12.8. The van der Waals surface area contributed by atoms with Gasteiger partial charge in [-0.1, -0.05) is 70.2 Å². The van der Waals surface area contributed by atoms with E-state index < -0.39 is 0 Å². The Morgan fingerprint density at radius 3 is 2.00 bits per heavy atom. The molecule has 2 aromatic carbocycles.